The molecule has 0 atom stereocenters. The predicted octanol–water partition coefficient (Wildman–Crippen LogP) is 3.08. The van der Waals surface area contributed by atoms with E-state index in [1.165, 1.54) is 6.92 Å². The van der Waals surface area contributed by atoms with Crippen molar-refractivity contribution in [1.82, 2.24) is 0 Å². The molecule has 0 bridgehead atoms. The Kier molecular flexibility index (Phi) is 3.41. The first-order chi connectivity index (χ1) is 4.93. The van der Waals surface area contributed by atoms with Crippen molar-refractivity contribution in [2.75, 3.05) is 5.73 Å². The maximum absolute atomic E-state index is 12.0. The molecule has 0 amide bonds. The standard InChI is InChI=1S/C6H6F3NS.ClH/c1-3-4(6(7,8)9)2-11-5(3)10;/h2H,10H2,1H3;1H. The van der Waals surface area contributed by atoms with Crippen LogP contribution in [0.15, 0.2) is 5.38 Å². The van der Waals surface area contributed by atoms with Gasteiger partial charge in [-0.05, 0) is 12.5 Å². The van der Waals surface area contributed by atoms with Gasteiger partial charge in [-0.2, -0.15) is 13.2 Å². The second-order valence-electron chi connectivity index (χ2n) is 2.14. The number of nitrogen functional groups attached to an aromatic ring is 1. The number of alkyl halides is 3. The smallest absolute Gasteiger partial charge is 0.390 e. The second-order valence-corrected chi connectivity index (χ2v) is 3.05. The van der Waals surface area contributed by atoms with Crippen LogP contribution in [0.5, 0.6) is 0 Å². The molecule has 0 radical (unpaired) electrons. The molecule has 1 heterocycles. The molecule has 0 aliphatic heterocycles. The monoisotopic (exact) mass is 217 g/mol. The van der Waals surface area contributed by atoms with E-state index in [4.69, 9.17) is 5.73 Å². The van der Waals surface area contributed by atoms with Gasteiger partial charge in [-0.15, -0.1) is 23.7 Å². The fraction of sp³-hybridized carbons (Fsp3) is 0.333. The van der Waals surface area contributed by atoms with Crippen LogP contribution in [0.4, 0.5) is 18.2 Å². The second kappa shape index (κ2) is 3.53. The highest BCUT2D eigenvalue weighted by Crippen LogP contribution is 2.37. The van der Waals surface area contributed by atoms with E-state index in [9.17, 15) is 13.2 Å². The summed E-state index contributed by atoms with van der Waals surface area (Å²) in [5.74, 6) is 0. The summed E-state index contributed by atoms with van der Waals surface area (Å²) in [6.45, 7) is 1.37. The summed E-state index contributed by atoms with van der Waals surface area (Å²) in [6, 6.07) is 0. The summed E-state index contributed by atoms with van der Waals surface area (Å²) in [5.41, 5.74) is 4.76. The van der Waals surface area contributed by atoms with Gasteiger partial charge in [0.15, 0.2) is 0 Å². The lowest BCUT2D eigenvalue weighted by Crippen LogP contribution is -2.05. The molecular weight excluding hydrogens is 211 g/mol. The minimum absolute atomic E-state index is 0. The molecule has 1 rings (SSSR count). The third kappa shape index (κ3) is 2.04. The zero-order chi connectivity index (χ0) is 8.65. The van der Waals surface area contributed by atoms with Crippen molar-refractivity contribution >= 4 is 28.7 Å². The molecule has 0 unspecified atom stereocenters. The lowest BCUT2D eigenvalue weighted by Gasteiger charge is -2.04. The molecular formula is C6H7ClF3NS. The Labute approximate surface area is 77.8 Å². The van der Waals surface area contributed by atoms with E-state index in [0.29, 0.717) is 0 Å². The van der Waals surface area contributed by atoms with Crippen molar-refractivity contribution in [3.05, 3.63) is 16.5 Å². The SMILES string of the molecule is Cc1c(C(F)(F)F)csc1N.Cl. The van der Waals surface area contributed by atoms with Gasteiger partial charge in [-0.3, -0.25) is 0 Å². The third-order valence-electron chi connectivity index (χ3n) is 1.38. The first kappa shape index (κ1) is 11.6. The molecule has 1 aromatic heterocycles. The molecule has 0 aliphatic carbocycles. The summed E-state index contributed by atoms with van der Waals surface area (Å²) >= 11 is 0.916. The van der Waals surface area contributed by atoms with Crippen LogP contribution in [0.2, 0.25) is 0 Å². The Morgan fingerprint density at radius 1 is 1.42 bits per heavy atom. The van der Waals surface area contributed by atoms with Crippen LogP contribution in [0.3, 0.4) is 0 Å². The summed E-state index contributed by atoms with van der Waals surface area (Å²) in [4.78, 5) is 0. The molecule has 0 spiro atoms. The summed E-state index contributed by atoms with van der Waals surface area (Å²) in [6.07, 6.45) is -4.27. The lowest BCUT2D eigenvalue weighted by molar-refractivity contribution is -0.137. The van der Waals surface area contributed by atoms with Gasteiger partial charge < -0.3 is 5.73 Å². The molecule has 6 heteroatoms. The molecule has 0 saturated heterocycles. The molecule has 0 aliphatic rings. The normalized spacial score (nSPS) is 11.0. The van der Waals surface area contributed by atoms with E-state index in [1.54, 1.807) is 0 Å². The molecule has 70 valence electrons. The molecule has 1 nitrogen and oxygen atoms in total. The number of nitrogens with two attached hydrogens (primary N) is 1. The minimum atomic E-state index is -4.27. The highest BCUT2D eigenvalue weighted by molar-refractivity contribution is 7.14. The first-order valence-corrected chi connectivity index (χ1v) is 3.71. The molecule has 2 N–H and O–H groups in total. The van der Waals surface area contributed by atoms with Crippen molar-refractivity contribution < 1.29 is 13.2 Å². The summed E-state index contributed by atoms with van der Waals surface area (Å²) in [5, 5.41) is 1.27. The summed E-state index contributed by atoms with van der Waals surface area (Å²) in [7, 11) is 0. The maximum Gasteiger partial charge on any atom is 0.417 e. The van der Waals surface area contributed by atoms with Gasteiger partial charge in [0.2, 0.25) is 0 Å². The van der Waals surface area contributed by atoms with Crippen LogP contribution < -0.4 is 5.73 Å². The zero-order valence-electron chi connectivity index (χ0n) is 6.11. The summed E-state index contributed by atoms with van der Waals surface area (Å²) < 4.78 is 36.0. The van der Waals surface area contributed by atoms with Crippen LogP contribution in [-0.4, -0.2) is 0 Å². The highest BCUT2D eigenvalue weighted by Gasteiger charge is 2.33. The van der Waals surface area contributed by atoms with Gasteiger partial charge in [0.05, 0.1) is 10.6 Å². The number of halogens is 4. The Morgan fingerprint density at radius 3 is 2.08 bits per heavy atom. The van der Waals surface area contributed by atoms with Gasteiger partial charge in [0, 0.05) is 5.38 Å². The van der Waals surface area contributed by atoms with Gasteiger partial charge in [0.25, 0.3) is 0 Å². The molecule has 0 aromatic carbocycles. The first-order valence-electron chi connectivity index (χ1n) is 2.83. The third-order valence-corrected chi connectivity index (χ3v) is 2.30. The van der Waals surface area contributed by atoms with E-state index in [1.807, 2.05) is 0 Å². The largest absolute Gasteiger partial charge is 0.417 e. The van der Waals surface area contributed by atoms with Crippen LogP contribution in [0.1, 0.15) is 11.1 Å². The zero-order valence-corrected chi connectivity index (χ0v) is 7.74. The lowest BCUT2D eigenvalue weighted by atomic mass is 10.2. The van der Waals surface area contributed by atoms with Gasteiger partial charge in [0.1, 0.15) is 0 Å². The number of hydrogen-bond acceptors (Lipinski definition) is 2. The van der Waals surface area contributed by atoms with E-state index < -0.39 is 11.7 Å². The number of thiophene rings is 1. The van der Waals surface area contributed by atoms with Gasteiger partial charge >= 0.3 is 6.18 Å². The molecule has 0 saturated carbocycles. The van der Waals surface area contributed by atoms with Crippen LogP contribution in [-0.2, 0) is 6.18 Å². The van der Waals surface area contributed by atoms with Gasteiger partial charge in [-0.1, -0.05) is 0 Å². The fourth-order valence-corrected chi connectivity index (χ4v) is 1.55. The quantitative estimate of drug-likeness (QED) is 0.710. The minimum Gasteiger partial charge on any atom is -0.390 e. The highest BCUT2D eigenvalue weighted by atomic mass is 35.5. The number of hydrogen-bond donors (Lipinski definition) is 1. The van der Waals surface area contributed by atoms with E-state index >= 15 is 0 Å². The van der Waals surface area contributed by atoms with Crippen molar-refractivity contribution in [2.24, 2.45) is 0 Å². The van der Waals surface area contributed by atoms with Crippen LogP contribution in [0, 0.1) is 6.92 Å². The molecule has 1 aromatic rings. The average Bonchev–Trinajstić information content (AvgIpc) is 2.11. The molecule has 0 fully saturated rings. The van der Waals surface area contributed by atoms with Crippen molar-refractivity contribution in [3.8, 4) is 0 Å². The predicted molar refractivity (Wildman–Crippen MR) is 45.7 cm³/mol. The number of anilines is 1. The van der Waals surface area contributed by atoms with E-state index in [2.05, 4.69) is 0 Å². The van der Waals surface area contributed by atoms with Crippen molar-refractivity contribution in [2.45, 2.75) is 13.1 Å². The van der Waals surface area contributed by atoms with Crippen LogP contribution >= 0.6 is 23.7 Å². The van der Waals surface area contributed by atoms with E-state index in [0.717, 1.165) is 16.7 Å². The molecule has 12 heavy (non-hydrogen) atoms. The van der Waals surface area contributed by atoms with Crippen molar-refractivity contribution in [3.63, 3.8) is 0 Å². The Morgan fingerprint density at radius 2 is 1.92 bits per heavy atom. The Hall–Kier alpha value is -0.420. The Balaban J connectivity index is 0.00000121. The fourth-order valence-electron chi connectivity index (χ4n) is 0.711. The van der Waals surface area contributed by atoms with E-state index in [-0.39, 0.29) is 23.0 Å². The van der Waals surface area contributed by atoms with Gasteiger partial charge in [-0.25, -0.2) is 0 Å². The van der Waals surface area contributed by atoms with Crippen LogP contribution in [0.25, 0.3) is 0 Å². The van der Waals surface area contributed by atoms with Crippen molar-refractivity contribution in [1.29, 1.82) is 0 Å². The average molecular weight is 218 g/mol. The topological polar surface area (TPSA) is 26.0 Å². The number of rotatable bonds is 0. The Bertz CT molecular complexity index is 268. The maximum atomic E-state index is 12.0.